The molecule has 0 aromatic heterocycles. The van der Waals surface area contributed by atoms with Crippen molar-refractivity contribution in [3.8, 4) is 0 Å². The Morgan fingerprint density at radius 3 is 2.21 bits per heavy atom. The molecular formula is C12H18O2. The highest BCUT2D eigenvalue weighted by Gasteiger charge is 1.95. The summed E-state index contributed by atoms with van der Waals surface area (Å²) in [5, 5.41) is 0. The number of aryl methyl sites for hydroxylation is 2. The van der Waals surface area contributed by atoms with Gasteiger partial charge in [0.25, 0.3) is 0 Å². The molecule has 0 amide bonds. The smallest absolute Gasteiger partial charge is 0.0718 e. The molecule has 2 heteroatoms. The van der Waals surface area contributed by atoms with Crippen LogP contribution in [0, 0.1) is 13.8 Å². The molecule has 0 fully saturated rings. The van der Waals surface area contributed by atoms with E-state index in [9.17, 15) is 0 Å². The van der Waals surface area contributed by atoms with Crippen molar-refractivity contribution in [1.29, 1.82) is 0 Å². The average molecular weight is 194 g/mol. The van der Waals surface area contributed by atoms with Crippen LogP contribution >= 0.6 is 0 Å². The summed E-state index contributed by atoms with van der Waals surface area (Å²) < 4.78 is 10.3. The van der Waals surface area contributed by atoms with E-state index in [0.29, 0.717) is 19.8 Å². The van der Waals surface area contributed by atoms with Crippen molar-refractivity contribution >= 4 is 0 Å². The van der Waals surface area contributed by atoms with Gasteiger partial charge < -0.3 is 9.47 Å². The topological polar surface area (TPSA) is 18.5 Å². The van der Waals surface area contributed by atoms with E-state index in [1.807, 2.05) is 0 Å². The van der Waals surface area contributed by atoms with Crippen molar-refractivity contribution in [2.45, 2.75) is 20.5 Å². The van der Waals surface area contributed by atoms with Crippen LogP contribution in [0.15, 0.2) is 18.2 Å². The Balaban J connectivity index is 2.42. The van der Waals surface area contributed by atoms with Gasteiger partial charge in [-0.3, -0.25) is 0 Å². The molecule has 0 radical (unpaired) electrons. The van der Waals surface area contributed by atoms with E-state index >= 15 is 0 Å². The SMILES string of the molecule is COCCOCc1cc(C)cc(C)c1. The highest BCUT2D eigenvalue weighted by molar-refractivity contribution is 5.27. The Kier molecular flexibility index (Phi) is 4.63. The van der Waals surface area contributed by atoms with E-state index in [4.69, 9.17) is 9.47 Å². The third-order valence-corrected chi connectivity index (χ3v) is 1.98. The van der Waals surface area contributed by atoms with Gasteiger partial charge >= 0.3 is 0 Å². The number of hydrogen-bond donors (Lipinski definition) is 0. The molecule has 0 aliphatic rings. The summed E-state index contributed by atoms with van der Waals surface area (Å²) in [6, 6.07) is 6.47. The van der Waals surface area contributed by atoms with E-state index < -0.39 is 0 Å². The van der Waals surface area contributed by atoms with Crippen molar-refractivity contribution in [1.82, 2.24) is 0 Å². The van der Waals surface area contributed by atoms with Crippen molar-refractivity contribution in [2.75, 3.05) is 20.3 Å². The van der Waals surface area contributed by atoms with Crippen LogP contribution < -0.4 is 0 Å². The zero-order valence-corrected chi connectivity index (χ0v) is 9.17. The van der Waals surface area contributed by atoms with Crippen LogP contribution in [-0.4, -0.2) is 20.3 Å². The van der Waals surface area contributed by atoms with Crippen LogP contribution in [0.4, 0.5) is 0 Å². The van der Waals surface area contributed by atoms with Gasteiger partial charge in [-0.05, 0) is 19.4 Å². The molecule has 2 nitrogen and oxygen atoms in total. The third kappa shape index (κ3) is 3.90. The molecule has 0 saturated carbocycles. The zero-order chi connectivity index (χ0) is 10.4. The molecule has 0 aliphatic heterocycles. The lowest BCUT2D eigenvalue weighted by Gasteiger charge is -2.06. The van der Waals surface area contributed by atoms with Gasteiger partial charge in [-0.2, -0.15) is 0 Å². The molecule has 1 rings (SSSR count). The average Bonchev–Trinajstić information content (AvgIpc) is 2.11. The van der Waals surface area contributed by atoms with Gasteiger partial charge in [0.05, 0.1) is 19.8 Å². The fourth-order valence-corrected chi connectivity index (χ4v) is 1.48. The van der Waals surface area contributed by atoms with Gasteiger partial charge in [0.15, 0.2) is 0 Å². The van der Waals surface area contributed by atoms with Gasteiger partial charge in [-0.25, -0.2) is 0 Å². The fraction of sp³-hybridized carbons (Fsp3) is 0.500. The van der Waals surface area contributed by atoms with E-state index in [0.717, 1.165) is 0 Å². The lowest BCUT2D eigenvalue weighted by atomic mass is 10.1. The molecule has 14 heavy (non-hydrogen) atoms. The quantitative estimate of drug-likeness (QED) is 0.670. The van der Waals surface area contributed by atoms with Gasteiger partial charge in [-0.1, -0.05) is 29.3 Å². The first kappa shape index (κ1) is 11.2. The molecule has 0 atom stereocenters. The molecular weight excluding hydrogens is 176 g/mol. The van der Waals surface area contributed by atoms with E-state index in [1.54, 1.807) is 7.11 Å². The van der Waals surface area contributed by atoms with Crippen molar-refractivity contribution in [3.63, 3.8) is 0 Å². The van der Waals surface area contributed by atoms with Crippen LogP contribution in [-0.2, 0) is 16.1 Å². The summed E-state index contributed by atoms with van der Waals surface area (Å²) >= 11 is 0. The number of benzene rings is 1. The monoisotopic (exact) mass is 194 g/mol. The first-order valence-electron chi connectivity index (χ1n) is 4.86. The van der Waals surface area contributed by atoms with Crippen LogP contribution in [0.1, 0.15) is 16.7 Å². The van der Waals surface area contributed by atoms with Crippen molar-refractivity contribution < 1.29 is 9.47 Å². The van der Waals surface area contributed by atoms with E-state index in [1.165, 1.54) is 16.7 Å². The summed E-state index contributed by atoms with van der Waals surface area (Å²) in [6.07, 6.45) is 0. The summed E-state index contributed by atoms with van der Waals surface area (Å²) in [5.41, 5.74) is 3.81. The number of ether oxygens (including phenoxy) is 2. The molecule has 78 valence electrons. The Bertz CT molecular complexity index is 261. The molecule has 0 aliphatic carbocycles. The summed E-state index contributed by atoms with van der Waals surface area (Å²) in [6.45, 7) is 6.19. The minimum atomic E-state index is 0.656. The molecule has 0 N–H and O–H groups in total. The van der Waals surface area contributed by atoms with Crippen LogP contribution in [0.5, 0.6) is 0 Å². The highest BCUT2D eigenvalue weighted by Crippen LogP contribution is 2.09. The second-order valence-corrected chi connectivity index (χ2v) is 3.54. The second-order valence-electron chi connectivity index (χ2n) is 3.54. The van der Waals surface area contributed by atoms with Gasteiger partial charge in [0, 0.05) is 7.11 Å². The normalized spacial score (nSPS) is 10.5. The Labute approximate surface area is 85.8 Å². The maximum Gasteiger partial charge on any atom is 0.0718 e. The highest BCUT2D eigenvalue weighted by atomic mass is 16.5. The molecule has 1 aromatic rings. The number of rotatable bonds is 5. The predicted octanol–water partition coefficient (Wildman–Crippen LogP) is 2.47. The summed E-state index contributed by atoms with van der Waals surface area (Å²) in [7, 11) is 1.68. The third-order valence-electron chi connectivity index (χ3n) is 1.98. The molecule has 0 bridgehead atoms. The second kappa shape index (κ2) is 5.78. The maximum atomic E-state index is 5.45. The van der Waals surface area contributed by atoms with Gasteiger partial charge in [0.2, 0.25) is 0 Å². The first-order chi connectivity index (χ1) is 6.72. The minimum Gasteiger partial charge on any atom is -0.382 e. The Hall–Kier alpha value is -0.860. The van der Waals surface area contributed by atoms with E-state index in [2.05, 4.69) is 32.0 Å². The Morgan fingerprint density at radius 1 is 1.00 bits per heavy atom. The fourth-order valence-electron chi connectivity index (χ4n) is 1.48. The summed E-state index contributed by atoms with van der Waals surface area (Å²) in [5.74, 6) is 0. The molecule has 0 saturated heterocycles. The summed E-state index contributed by atoms with van der Waals surface area (Å²) in [4.78, 5) is 0. The molecule has 0 heterocycles. The molecule has 0 spiro atoms. The number of methoxy groups -OCH3 is 1. The standard InChI is InChI=1S/C12H18O2/c1-10-6-11(2)8-12(7-10)9-14-5-4-13-3/h6-8H,4-5,9H2,1-3H3. The minimum absolute atomic E-state index is 0.656. The lowest BCUT2D eigenvalue weighted by molar-refractivity contribution is 0.0616. The largest absolute Gasteiger partial charge is 0.382 e. The zero-order valence-electron chi connectivity index (χ0n) is 9.17. The molecule has 1 aromatic carbocycles. The number of hydrogen-bond acceptors (Lipinski definition) is 2. The van der Waals surface area contributed by atoms with Crippen LogP contribution in [0.2, 0.25) is 0 Å². The van der Waals surface area contributed by atoms with Crippen molar-refractivity contribution in [3.05, 3.63) is 34.9 Å². The predicted molar refractivity (Wildman–Crippen MR) is 57.4 cm³/mol. The molecule has 0 unspecified atom stereocenters. The van der Waals surface area contributed by atoms with E-state index in [-0.39, 0.29) is 0 Å². The maximum absolute atomic E-state index is 5.45. The van der Waals surface area contributed by atoms with Crippen LogP contribution in [0.3, 0.4) is 0 Å². The Morgan fingerprint density at radius 2 is 1.64 bits per heavy atom. The van der Waals surface area contributed by atoms with Crippen LogP contribution in [0.25, 0.3) is 0 Å². The lowest BCUT2D eigenvalue weighted by Crippen LogP contribution is -2.02. The van der Waals surface area contributed by atoms with Crippen molar-refractivity contribution in [2.24, 2.45) is 0 Å². The van der Waals surface area contributed by atoms with Gasteiger partial charge in [-0.15, -0.1) is 0 Å². The van der Waals surface area contributed by atoms with Gasteiger partial charge in [0.1, 0.15) is 0 Å². The first-order valence-corrected chi connectivity index (χ1v) is 4.86.